The number of esters is 1. The van der Waals surface area contributed by atoms with Crippen molar-refractivity contribution >= 4 is 29.2 Å². The molecule has 2 aromatic rings. The highest BCUT2D eigenvalue weighted by Gasteiger charge is 2.14. The molecule has 0 fully saturated rings. The van der Waals surface area contributed by atoms with E-state index in [-0.39, 0.29) is 18.2 Å². The third-order valence-electron chi connectivity index (χ3n) is 3.77. The first-order chi connectivity index (χ1) is 12.8. The predicted molar refractivity (Wildman–Crippen MR) is 102 cm³/mol. The molecule has 27 heavy (non-hydrogen) atoms. The molecule has 0 bridgehead atoms. The van der Waals surface area contributed by atoms with Gasteiger partial charge in [0, 0.05) is 5.02 Å². The van der Waals surface area contributed by atoms with E-state index in [1.807, 2.05) is 26.8 Å². The van der Waals surface area contributed by atoms with Crippen LogP contribution < -0.4 is 10.1 Å². The van der Waals surface area contributed by atoms with Gasteiger partial charge in [-0.1, -0.05) is 37.6 Å². The number of aryl methyl sites for hydroxylation is 1. The smallest absolute Gasteiger partial charge is 0.344 e. The summed E-state index contributed by atoms with van der Waals surface area (Å²) in [5, 5.41) is 2.95. The Bertz CT molecular complexity index is 839. The SMILES string of the molecule is Cc1cc(OCC(=O)OCC(=O)Nc2ccccc2F)c(C(C)C)cc1Cl. The third kappa shape index (κ3) is 5.96. The molecule has 1 amide bonds. The molecule has 0 unspecified atom stereocenters. The van der Waals surface area contributed by atoms with Crippen LogP contribution >= 0.6 is 11.6 Å². The number of halogens is 2. The van der Waals surface area contributed by atoms with Crippen LogP contribution in [0.4, 0.5) is 10.1 Å². The minimum atomic E-state index is -0.707. The van der Waals surface area contributed by atoms with Crippen LogP contribution in [0.15, 0.2) is 36.4 Å². The average molecular weight is 394 g/mol. The second-order valence-corrected chi connectivity index (χ2v) is 6.68. The number of carbonyl (C=O) groups is 2. The quantitative estimate of drug-likeness (QED) is 0.705. The van der Waals surface area contributed by atoms with Crippen LogP contribution in [0.5, 0.6) is 5.75 Å². The molecule has 0 radical (unpaired) electrons. The fraction of sp³-hybridized carbons (Fsp3) is 0.300. The molecule has 2 rings (SSSR count). The molecule has 0 aromatic heterocycles. The summed E-state index contributed by atoms with van der Waals surface area (Å²) in [5.74, 6) is -1.22. The molecule has 5 nitrogen and oxygen atoms in total. The molecule has 0 atom stereocenters. The van der Waals surface area contributed by atoms with Gasteiger partial charge >= 0.3 is 5.97 Å². The maximum absolute atomic E-state index is 13.5. The van der Waals surface area contributed by atoms with Crippen molar-refractivity contribution in [1.29, 1.82) is 0 Å². The van der Waals surface area contributed by atoms with E-state index < -0.39 is 24.3 Å². The van der Waals surface area contributed by atoms with Crippen molar-refractivity contribution in [2.75, 3.05) is 18.5 Å². The van der Waals surface area contributed by atoms with Gasteiger partial charge in [-0.15, -0.1) is 0 Å². The Kier molecular flexibility index (Phi) is 7.19. The van der Waals surface area contributed by atoms with Gasteiger partial charge in [0.15, 0.2) is 13.2 Å². The summed E-state index contributed by atoms with van der Waals surface area (Å²) in [7, 11) is 0. The number of benzene rings is 2. The van der Waals surface area contributed by atoms with Gasteiger partial charge in [-0.2, -0.15) is 0 Å². The van der Waals surface area contributed by atoms with E-state index >= 15 is 0 Å². The summed E-state index contributed by atoms with van der Waals surface area (Å²) >= 11 is 6.14. The molecule has 7 heteroatoms. The highest BCUT2D eigenvalue weighted by atomic mass is 35.5. The summed E-state index contributed by atoms with van der Waals surface area (Å²) in [6.45, 7) is 4.92. The largest absolute Gasteiger partial charge is 0.482 e. The summed E-state index contributed by atoms with van der Waals surface area (Å²) in [6, 6.07) is 9.29. The van der Waals surface area contributed by atoms with E-state index in [1.54, 1.807) is 12.1 Å². The first-order valence-electron chi connectivity index (χ1n) is 8.40. The molecule has 2 aromatic carbocycles. The standard InChI is InChI=1S/C20H21ClFNO4/c1-12(2)14-9-15(21)13(3)8-18(14)26-11-20(25)27-10-19(24)23-17-7-5-4-6-16(17)22/h4-9,12H,10-11H2,1-3H3,(H,23,24). The van der Waals surface area contributed by atoms with Crippen molar-refractivity contribution in [3.05, 3.63) is 58.4 Å². The van der Waals surface area contributed by atoms with Crippen LogP contribution in [0.2, 0.25) is 5.02 Å². The number of hydrogen-bond acceptors (Lipinski definition) is 4. The Hall–Kier alpha value is -2.60. The number of nitrogens with one attached hydrogen (secondary N) is 1. The average Bonchev–Trinajstić information content (AvgIpc) is 2.62. The van der Waals surface area contributed by atoms with Crippen LogP contribution in [0.1, 0.15) is 30.9 Å². The second-order valence-electron chi connectivity index (χ2n) is 6.27. The van der Waals surface area contributed by atoms with Crippen LogP contribution in [0.25, 0.3) is 0 Å². The van der Waals surface area contributed by atoms with Crippen LogP contribution in [-0.2, 0) is 14.3 Å². The Morgan fingerprint density at radius 1 is 1.19 bits per heavy atom. The summed E-state index contributed by atoms with van der Waals surface area (Å²) < 4.78 is 23.9. The number of para-hydroxylation sites is 1. The van der Waals surface area contributed by atoms with Gasteiger partial charge in [-0.3, -0.25) is 4.79 Å². The fourth-order valence-electron chi connectivity index (χ4n) is 2.32. The number of ether oxygens (including phenoxy) is 2. The zero-order valence-corrected chi connectivity index (χ0v) is 16.1. The van der Waals surface area contributed by atoms with Crippen molar-refractivity contribution in [3.63, 3.8) is 0 Å². The van der Waals surface area contributed by atoms with E-state index in [2.05, 4.69) is 5.32 Å². The molecule has 0 saturated carbocycles. The summed E-state index contributed by atoms with van der Waals surface area (Å²) in [6.07, 6.45) is 0. The first kappa shape index (κ1) is 20.7. The number of amides is 1. The molecule has 0 aliphatic carbocycles. The van der Waals surface area contributed by atoms with Crippen molar-refractivity contribution < 1.29 is 23.5 Å². The number of rotatable bonds is 7. The monoisotopic (exact) mass is 393 g/mol. The van der Waals surface area contributed by atoms with Gasteiger partial charge in [0.2, 0.25) is 0 Å². The molecule has 144 valence electrons. The normalized spacial score (nSPS) is 10.6. The number of carbonyl (C=O) groups excluding carboxylic acids is 2. The van der Waals surface area contributed by atoms with Crippen molar-refractivity contribution in [3.8, 4) is 5.75 Å². The maximum Gasteiger partial charge on any atom is 0.344 e. The molecule has 0 saturated heterocycles. The maximum atomic E-state index is 13.5. The Morgan fingerprint density at radius 2 is 1.89 bits per heavy atom. The minimum absolute atomic E-state index is 0.0213. The molecule has 0 aliphatic rings. The highest BCUT2D eigenvalue weighted by molar-refractivity contribution is 6.31. The van der Waals surface area contributed by atoms with E-state index in [4.69, 9.17) is 21.1 Å². The first-order valence-corrected chi connectivity index (χ1v) is 8.78. The van der Waals surface area contributed by atoms with Crippen molar-refractivity contribution in [2.24, 2.45) is 0 Å². The van der Waals surface area contributed by atoms with E-state index in [1.165, 1.54) is 18.2 Å². The minimum Gasteiger partial charge on any atom is -0.482 e. The zero-order valence-electron chi connectivity index (χ0n) is 15.3. The van der Waals surface area contributed by atoms with Crippen LogP contribution in [0, 0.1) is 12.7 Å². The van der Waals surface area contributed by atoms with Crippen LogP contribution in [0.3, 0.4) is 0 Å². The molecule has 0 aliphatic heterocycles. The lowest BCUT2D eigenvalue weighted by atomic mass is 10.0. The molecular weight excluding hydrogens is 373 g/mol. The summed E-state index contributed by atoms with van der Waals surface area (Å²) in [4.78, 5) is 23.6. The molecular formula is C20H21ClFNO4. The van der Waals surface area contributed by atoms with E-state index in [0.29, 0.717) is 10.8 Å². The highest BCUT2D eigenvalue weighted by Crippen LogP contribution is 2.32. The lowest BCUT2D eigenvalue weighted by Crippen LogP contribution is -2.24. The molecule has 0 heterocycles. The summed E-state index contributed by atoms with van der Waals surface area (Å²) in [5.41, 5.74) is 1.72. The van der Waals surface area contributed by atoms with Gasteiger partial charge in [-0.25, -0.2) is 9.18 Å². The Balaban J connectivity index is 1.87. The van der Waals surface area contributed by atoms with Crippen molar-refractivity contribution in [2.45, 2.75) is 26.7 Å². The van der Waals surface area contributed by atoms with E-state index in [0.717, 1.165) is 11.1 Å². The lowest BCUT2D eigenvalue weighted by molar-refractivity contribution is -0.149. The van der Waals surface area contributed by atoms with Gasteiger partial charge in [0.05, 0.1) is 5.69 Å². The molecule has 0 spiro atoms. The lowest BCUT2D eigenvalue weighted by Gasteiger charge is -2.15. The Morgan fingerprint density at radius 3 is 2.56 bits per heavy atom. The van der Waals surface area contributed by atoms with Gasteiger partial charge in [0.25, 0.3) is 5.91 Å². The zero-order chi connectivity index (χ0) is 20.0. The van der Waals surface area contributed by atoms with Crippen molar-refractivity contribution in [1.82, 2.24) is 0 Å². The topological polar surface area (TPSA) is 64.6 Å². The predicted octanol–water partition coefficient (Wildman–Crippen LogP) is 4.47. The van der Waals surface area contributed by atoms with Crippen LogP contribution in [-0.4, -0.2) is 25.1 Å². The van der Waals surface area contributed by atoms with Gasteiger partial charge in [0.1, 0.15) is 11.6 Å². The number of hydrogen-bond donors (Lipinski definition) is 1. The van der Waals surface area contributed by atoms with Gasteiger partial charge < -0.3 is 14.8 Å². The van der Waals surface area contributed by atoms with E-state index in [9.17, 15) is 14.0 Å². The molecule has 1 N–H and O–H groups in total. The number of anilines is 1. The fourth-order valence-corrected chi connectivity index (χ4v) is 2.49. The second kappa shape index (κ2) is 9.37. The van der Waals surface area contributed by atoms with Gasteiger partial charge in [-0.05, 0) is 48.2 Å². The Labute approximate surface area is 162 Å². The third-order valence-corrected chi connectivity index (χ3v) is 4.18.